The van der Waals surface area contributed by atoms with Crippen LogP contribution in [0, 0.1) is 0 Å². The molecule has 0 atom stereocenters. The first-order valence-corrected chi connectivity index (χ1v) is 3.31. The summed E-state index contributed by atoms with van der Waals surface area (Å²) in [5.41, 5.74) is 2.00. The molecular formula is C6H9F3N2. The minimum atomic E-state index is -4.18. The van der Waals surface area contributed by atoms with Crippen molar-refractivity contribution in [2.45, 2.75) is 13.1 Å². The Hall–Kier alpha value is -0.710. The number of rotatable bonds is 1. The Morgan fingerprint density at radius 3 is 2.55 bits per heavy atom. The maximum absolute atomic E-state index is 11.9. The maximum Gasteiger partial charge on any atom is 0.415 e. The van der Waals surface area contributed by atoms with Crippen molar-refractivity contribution in [1.82, 2.24) is 10.4 Å². The number of halogens is 3. The van der Waals surface area contributed by atoms with Crippen LogP contribution in [0.4, 0.5) is 13.2 Å². The SMILES string of the molecule is CCN1CC(C(F)(F)F)=CN1. The quantitative estimate of drug-likeness (QED) is 0.631. The molecule has 1 N–H and O–H groups in total. The third-order valence-corrected chi connectivity index (χ3v) is 1.53. The van der Waals surface area contributed by atoms with Crippen molar-refractivity contribution < 1.29 is 13.2 Å². The van der Waals surface area contributed by atoms with Crippen molar-refractivity contribution >= 4 is 0 Å². The summed E-state index contributed by atoms with van der Waals surface area (Å²) in [6.45, 7) is 2.30. The first kappa shape index (κ1) is 8.39. The first-order valence-electron chi connectivity index (χ1n) is 3.31. The van der Waals surface area contributed by atoms with Gasteiger partial charge in [0.05, 0.1) is 5.57 Å². The van der Waals surface area contributed by atoms with Crippen LogP contribution in [0.15, 0.2) is 11.8 Å². The summed E-state index contributed by atoms with van der Waals surface area (Å²) in [6, 6.07) is 0. The van der Waals surface area contributed by atoms with Crippen molar-refractivity contribution in [2.75, 3.05) is 13.1 Å². The van der Waals surface area contributed by atoms with E-state index in [-0.39, 0.29) is 6.54 Å². The van der Waals surface area contributed by atoms with Gasteiger partial charge in [-0.25, -0.2) is 5.01 Å². The minimum absolute atomic E-state index is 0.0556. The van der Waals surface area contributed by atoms with Crippen LogP contribution in [0.5, 0.6) is 0 Å². The molecule has 0 aromatic carbocycles. The minimum Gasteiger partial charge on any atom is -0.326 e. The Morgan fingerprint density at radius 1 is 1.64 bits per heavy atom. The van der Waals surface area contributed by atoms with Crippen molar-refractivity contribution in [3.8, 4) is 0 Å². The summed E-state index contributed by atoms with van der Waals surface area (Å²) in [5, 5.41) is 1.49. The Bertz CT molecular complexity index is 173. The van der Waals surface area contributed by atoms with Gasteiger partial charge in [0.15, 0.2) is 0 Å². The number of nitrogens with one attached hydrogen (secondary N) is 1. The van der Waals surface area contributed by atoms with E-state index in [2.05, 4.69) is 5.43 Å². The molecule has 0 unspecified atom stereocenters. The Labute approximate surface area is 62.6 Å². The van der Waals surface area contributed by atoms with Gasteiger partial charge in [0.25, 0.3) is 0 Å². The van der Waals surface area contributed by atoms with E-state index in [0.29, 0.717) is 6.54 Å². The van der Waals surface area contributed by atoms with E-state index in [1.165, 1.54) is 5.01 Å². The van der Waals surface area contributed by atoms with Gasteiger partial charge >= 0.3 is 6.18 Å². The molecule has 1 heterocycles. The largest absolute Gasteiger partial charge is 0.415 e. The molecule has 0 aliphatic carbocycles. The van der Waals surface area contributed by atoms with Crippen LogP contribution in [-0.4, -0.2) is 24.3 Å². The zero-order chi connectivity index (χ0) is 8.48. The molecule has 0 saturated heterocycles. The van der Waals surface area contributed by atoms with Crippen LogP contribution in [0.25, 0.3) is 0 Å². The molecular weight excluding hydrogens is 157 g/mol. The van der Waals surface area contributed by atoms with Crippen LogP contribution in [-0.2, 0) is 0 Å². The van der Waals surface area contributed by atoms with Gasteiger partial charge in [0.2, 0.25) is 0 Å². The van der Waals surface area contributed by atoms with Gasteiger partial charge < -0.3 is 5.43 Å². The molecule has 1 rings (SSSR count). The van der Waals surface area contributed by atoms with Gasteiger partial charge in [-0.1, -0.05) is 6.92 Å². The van der Waals surface area contributed by atoms with E-state index >= 15 is 0 Å². The summed E-state index contributed by atoms with van der Waals surface area (Å²) in [5.74, 6) is 0. The summed E-state index contributed by atoms with van der Waals surface area (Å²) >= 11 is 0. The van der Waals surface area contributed by atoms with Crippen molar-refractivity contribution in [2.24, 2.45) is 0 Å². The molecule has 1 aliphatic rings. The van der Waals surface area contributed by atoms with Crippen LogP contribution in [0.3, 0.4) is 0 Å². The van der Waals surface area contributed by atoms with Gasteiger partial charge in [-0.2, -0.15) is 13.2 Å². The summed E-state index contributed by atoms with van der Waals surface area (Å²) in [7, 11) is 0. The maximum atomic E-state index is 11.9. The molecule has 0 fully saturated rings. The average Bonchev–Trinajstić information content (AvgIpc) is 2.32. The standard InChI is InChI=1S/C6H9F3N2/c1-2-11-4-5(3-10-11)6(7,8)9/h3,10H,2,4H2,1H3. The Kier molecular flexibility index (Phi) is 2.08. The molecule has 0 spiro atoms. The predicted molar refractivity (Wildman–Crippen MR) is 34.5 cm³/mol. The van der Waals surface area contributed by atoms with Crippen molar-refractivity contribution in [1.29, 1.82) is 0 Å². The Balaban J connectivity index is 2.53. The number of alkyl halides is 3. The normalized spacial score (nSPS) is 19.8. The average molecular weight is 166 g/mol. The van der Waals surface area contributed by atoms with E-state index in [9.17, 15) is 13.2 Å². The highest BCUT2D eigenvalue weighted by atomic mass is 19.4. The molecule has 0 aromatic heterocycles. The van der Waals surface area contributed by atoms with E-state index in [1.807, 2.05) is 0 Å². The van der Waals surface area contributed by atoms with Gasteiger partial charge in [-0.3, -0.25) is 0 Å². The highest BCUT2D eigenvalue weighted by Crippen LogP contribution is 2.27. The third-order valence-electron chi connectivity index (χ3n) is 1.53. The fourth-order valence-corrected chi connectivity index (χ4v) is 0.841. The highest BCUT2D eigenvalue weighted by Gasteiger charge is 2.36. The number of likely N-dealkylation sites (N-methyl/N-ethyl adjacent to an activating group) is 1. The first-order chi connectivity index (χ1) is 5.04. The van der Waals surface area contributed by atoms with Gasteiger partial charge in [-0.05, 0) is 0 Å². The monoisotopic (exact) mass is 166 g/mol. The fourth-order valence-electron chi connectivity index (χ4n) is 0.841. The summed E-state index contributed by atoms with van der Waals surface area (Å²) < 4.78 is 35.8. The van der Waals surface area contributed by atoms with Crippen molar-refractivity contribution in [3.05, 3.63) is 11.8 Å². The molecule has 0 amide bonds. The van der Waals surface area contributed by atoms with Crippen LogP contribution < -0.4 is 5.43 Å². The lowest BCUT2D eigenvalue weighted by molar-refractivity contribution is -0.0935. The lowest BCUT2D eigenvalue weighted by Gasteiger charge is -2.13. The molecule has 5 heteroatoms. The molecule has 0 bridgehead atoms. The Morgan fingerprint density at radius 2 is 2.27 bits per heavy atom. The fraction of sp³-hybridized carbons (Fsp3) is 0.667. The molecule has 0 radical (unpaired) electrons. The second-order valence-electron chi connectivity index (χ2n) is 2.31. The number of hydrazine groups is 1. The van der Waals surface area contributed by atoms with Crippen LogP contribution in [0.2, 0.25) is 0 Å². The third kappa shape index (κ3) is 1.86. The van der Waals surface area contributed by atoms with E-state index in [1.54, 1.807) is 6.92 Å². The predicted octanol–water partition coefficient (Wildman–Crippen LogP) is 1.27. The summed E-state index contributed by atoms with van der Waals surface area (Å²) in [6.07, 6.45) is -3.18. The topological polar surface area (TPSA) is 15.3 Å². The molecule has 64 valence electrons. The number of nitrogens with zero attached hydrogens (tertiary/aromatic N) is 1. The molecule has 2 nitrogen and oxygen atoms in total. The lowest BCUT2D eigenvalue weighted by atomic mass is 10.3. The van der Waals surface area contributed by atoms with E-state index in [0.717, 1.165) is 6.20 Å². The van der Waals surface area contributed by atoms with Crippen LogP contribution in [0.1, 0.15) is 6.92 Å². The van der Waals surface area contributed by atoms with Crippen LogP contribution >= 0.6 is 0 Å². The molecule has 11 heavy (non-hydrogen) atoms. The van der Waals surface area contributed by atoms with E-state index < -0.39 is 11.7 Å². The number of hydrogen-bond acceptors (Lipinski definition) is 2. The molecule has 0 saturated carbocycles. The van der Waals surface area contributed by atoms with Gasteiger partial charge in [0.1, 0.15) is 0 Å². The van der Waals surface area contributed by atoms with Gasteiger partial charge in [-0.15, -0.1) is 0 Å². The molecule has 1 aliphatic heterocycles. The smallest absolute Gasteiger partial charge is 0.326 e. The number of hydrogen-bond donors (Lipinski definition) is 1. The van der Waals surface area contributed by atoms with E-state index in [4.69, 9.17) is 0 Å². The summed E-state index contributed by atoms with van der Waals surface area (Å²) in [4.78, 5) is 0. The second kappa shape index (κ2) is 2.73. The van der Waals surface area contributed by atoms with Gasteiger partial charge in [0, 0.05) is 19.3 Å². The second-order valence-corrected chi connectivity index (χ2v) is 2.31. The molecule has 0 aromatic rings. The van der Waals surface area contributed by atoms with Crippen molar-refractivity contribution in [3.63, 3.8) is 0 Å². The lowest BCUT2D eigenvalue weighted by Crippen LogP contribution is -2.30. The highest BCUT2D eigenvalue weighted by molar-refractivity contribution is 5.13. The zero-order valence-corrected chi connectivity index (χ0v) is 6.07. The zero-order valence-electron chi connectivity index (χ0n) is 6.07.